The number of nitrogen functional groups attached to an aromatic ring is 1. The first-order chi connectivity index (χ1) is 13.0. The Labute approximate surface area is 155 Å². The van der Waals surface area contributed by atoms with E-state index in [-0.39, 0.29) is 23.7 Å². The van der Waals surface area contributed by atoms with Crippen molar-refractivity contribution >= 4 is 28.3 Å². The maximum absolute atomic E-state index is 12.2. The normalized spacial score (nSPS) is 18.4. The van der Waals surface area contributed by atoms with Crippen LogP contribution in [0.25, 0.3) is 22.0 Å². The number of amides is 1. The standard InChI is InChI=1S/C19H19N7O/c1-9(2)17-14(8-23-26-17)15-4-10-5-16(22-7-13(10)18(21)24-15)25-19(27)12-3-11(12)6-20/h4-5,7-9,11-12H,3H2,1-2H3,(H2,21,24)(H,23,26)(H,22,25,27)/t11-,12+/m0/s1. The fourth-order valence-electron chi connectivity index (χ4n) is 3.17. The molecule has 0 radical (unpaired) electrons. The summed E-state index contributed by atoms with van der Waals surface area (Å²) in [5.41, 5.74) is 8.73. The third kappa shape index (κ3) is 3.08. The van der Waals surface area contributed by atoms with Crippen LogP contribution in [0.15, 0.2) is 24.5 Å². The molecule has 0 saturated heterocycles. The number of H-pyrrole nitrogens is 1. The fourth-order valence-corrected chi connectivity index (χ4v) is 3.17. The van der Waals surface area contributed by atoms with Crippen molar-refractivity contribution < 1.29 is 4.79 Å². The molecule has 8 nitrogen and oxygen atoms in total. The van der Waals surface area contributed by atoms with E-state index in [0.717, 1.165) is 16.6 Å². The Bertz CT molecular complexity index is 1080. The summed E-state index contributed by atoms with van der Waals surface area (Å²) < 4.78 is 0. The van der Waals surface area contributed by atoms with Gasteiger partial charge in [0, 0.05) is 22.8 Å². The van der Waals surface area contributed by atoms with E-state index >= 15 is 0 Å². The molecular weight excluding hydrogens is 342 g/mol. The Kier molecular flexibility index (Phi) is 4.00. The zero-order chi connectivity index (χ0) is 19.1. The highest BCUT2D eigenvalue weighted by Crippen LogP contribution is 2.38. The zero-order valence-electron chi connectivity index (χ0n) is 15.0. The molecule has 1 amide bonds. The minimum absolute atomic E-state index is 0.174. The summed E-state index contributed by atoms with van der Waals surface area (Å²) in [5, 5.41) is 20.3. The Hall–Kier alpha value is -3.47. The Morgan fingerprint density at radius 1 is 1.41 bits per heavy atom. The SMILES string of the molecule is CC(C)c1[nH]ncc1-c1cc2cc(NC(=O)[C@@H]3C[C@H]3C#N)ncc2c(N)n1. The van der Waals surface area contributed by atoms with E-state index in [1.807, 2.05) is 6.07 Å². The van der Waals surface area contributed by atoms with Crippen molar-refractivity contribution in [3.63, 3.8) is 0 Å². The molecular formula is C19H19N7O. The van der Waals surface area contributed by atoms with Crippen molar-refractivity contribution in [2.24, 2.45) is 11.8 Å². The van der Waals surface area contributed by atoms with Crippen LogP contribution in [0.1, 0.15) is 31.9 Å². The molecule has 0 unspecified atom stereocenters. The first-order valence-corrected chi connectivity index (χ1v) is 8.78. The van der Waals surface area contributed by atoms with Crippen LogP contribution >= 0.6 is 0 Å². The van der Waals surface area contributed by atoms with Crippen LogP contribution in [0, 0.1) is 23.2 Å². The number of nitrogens with zero attached hydrogens (tertiary/aromatic N) is 4. The number of hydrogen-bond acceptors (Lipinski definition) is 6. The number of rotatable bonds is 4. The molecule has 4 N–H and O–H groups in total. The van der Waals surface area contributed by atoms with Crippen LogP contribution in [-0.2, 0) is 4.79 Å². The summed E-state index contributed by atoms with van der Waals surface area (Å²) in [4.78, 5) is 20.9. The van der Waals surface area contributed by atoms with Gasteiger partial charge in [-0.05, 0) is 29.9 Å². The quantitative estimate of drug-likeness (QED) is 0.654. The fraction of sp³-hybridized carbons (Fsp3) is 0.316. The smallest absolute Gasteiger partial charge is 0.230 e. The molecule has 1 aliphatic carbocycles. The molecule has 3 heterocycles. The van der Waals surface area contributed by atoms with Gasteiger partial charge in [0.25, 0.3) is 0 Å². The number of pyridine rings is 2. The summed E-state index contributed by atoms with van der Waals surface area (Å²) >= 11 is 0. The predicted octanol–water partition coefficient (Wildman–Crippen LogP) is 2.82. The predicted molar refractivity (Wildman–Crippen MR) is 101 cm³/mol. The molecule has 27 heavy (non-hydrogen) atoms. The number of hydrogen-bond donors (Lipinski definition) is 3. The molecule has 0 spiro atoms. The Morgan fingerprint density at radius 2 is 2.22 bits per heavy atom. The summed E-state index contributed by atoms with van der Waals surface area (Å²) in [6.07, 6.45) is 3.95. The molecule has 3 aromatic heterocycles. The maximum atomic E-state index is 12.2. The van der Waals surface area contributed by atoms with Crippen LogP contribution in [-0.4, -0.2) is 26.1 Å². The summed E-state index contributed by atoms with van der Waals surface area (Å²) in [7, 11) is 0. The molecule has 136 valence electrons. The second kappa shape index (κ2) is 6.36. The van der Waals surface area contributed by atoms with E-state index in [9.17, 15) is 4.79 Å². The van der Waals surface area contributed by atoms with Crippen molar-refractivity contribution in [3.05, 3.63) is 30.2 Å². The number of nitriles is 1. The molecule has 0 aromatic carbocycles. The number of carbonyl (C=O) groups excluding carboxylic acids is 1. The monoisotopic (exact) mass is 361 g/mol. The molecule has 3 aromatic rings. The second-order valence-electron chi connectivity index (χ2n) is 7.10. The maximum Gasteiger partial charge on any atom is 0.230 e. The first kappa shape index (κ1) is 17.0. The van der Waals surface area contributed by atoms with Crippen LogP contribution in [0.5, 0.6) is 0 Å². The average molecular weight is 361 g/mol. The number of nitrogens with two attached hydrogens (primary N) is 1. The third-order valence-corrected chi connectivity index (χ3v) is 4.81. The molecule has 1 aliphatic rings. The number of aromatic nitrogens is 4. The third-order valence-electron chi connectivity index (χ3n) is 4.81. The Morgan fingerprint density at radius 3 is 2.93 bits per heavy atom. The summed E-state index contributed by atoms with van der Waals surface area (Å²) in [6, 6.07) is 5.80. The molecule has 0 bridgehead atoms. The van der Waals surface area contributed by atoms with E-state index in [1.165, 1.54) is 0 Å². The van der Waals surface area contributed by atoms with Crippen molar-refractivity contribution in [1.29, 1.82) is 5.26 Å². The van der Waals surface area contributed by atoms with Gasteiger partial charge in [-0.3, -0.25) is 9.89 Å². The first-order valence-electron chi connectivity index (χ1n) is 8.78. The number of fused-ring (bicyclic) bond motifs is 1. The van der Waals surface area contributed by atoms with Crippen LogP contribution in [0.2, 0.25) is 0 Å². The van der Waals surface area contributed by atoms with Crippen LogP contribution in [0.3, 0.4) is 0 Å². The zero-order valence-corrected chi connectivity index (χ0v) is 15.0. The van der Waals surface area contributed by atoms with E-state index in [1.54, 1.807) is 18.5 Å². The molecule has 1 fully saturated rings. The summed E-state index contributed by atoms with van der Waals surface area (Å²) in [6.45, 7) is 4.15. The van der Waals surface area contributed by atoms with Crippen molar-refractivity contribution in [1.82, 2.24) is 20.2 Å². The minimum atomic E-state index is -0.245. The average Bonchev–Trinajstić information content (AvgIpc) is 3.27. The number of aromatic amines is 1. The van der Waals surface area contributed by atoms with Gasteiger partial charge in [-0.1, -0.05) is 13.8 Å². The van der Waals surface area contributed by atoms with E-state index in [4.69, 9.17) is 11.0 Å². The molecule has 0 aliphatic heterocycles. The van der Waals surface area contributed by atoms with Gasteiger partial charge in [0.15, 0.2) is 0 Å². The van der Waals surface area contributed by atoms with Gasteiger partial charge in [-0.2, -0.15) is 10.4 Å². The van der Waals surface area contributed by atoms with Crippen LogP contribution in [0.4, 0.5) is 11.6 Å². The molecule has 4 rings (SSSR count). The molecule has 8 heteroatoms. The van der Waals surface area contributed by atoms with Gasteiger partial charge >= 0.3 is 0 Å². The van der Waals surface area contributed by atoms with Gasteiger partial charge in [0.2, 0.25) is 5.91 Å². The van der Waals surface area contributed by atoms with Gasteiger partial charge < -0.3 is 11.1 Å². The summed E-state index contributed by atoms with van der Waals surface area (Å²) in [5.74, 6) is 0.463. The van der Waals surface area contributed by atoms with Crippen molar-refractivity contribution in [3.8, 4) is 17.3 Å². The van der Waals surface area contributed by atoms with E-state index in [0.29, 0.717) is 29.1 Å². The lowest BCUT2D eigenvalue weighted by atomic mass is 10.0. The number of carbonyl (C=O) groups is 1. The van der Waals surface area contributed by atoms with Gasteiger partial charge in [-0.25, -0.2) is 9.97 Å². The van der Waals surface area contributed by atoms with E-state index < -0.39 is 0 Å². The Balaban J connectivity index is 1.69. The van der Waals surface area contributed by atoms with Gasteiger partial charge in [0.1, 0.15) is 11.6 Å². The second-order valence-corrected chi connectivity index (χ2v) is 7.10. The topological polar surface area (TPSA) is 133 Å². The largest absolute Gasteiger partial charge is 0.383 e. The lowest BCUT2D eigenvalue weighted by molar-refractivity contribution is -0.117. The lowest BCUT2D eigenvalue weighted by Crippen LogP contribution is -2.15. The molecule has 2 atom stereocenters. The van der Waals surface area contributed by atoms with E-state index in [2.05, 4.69) is 45.4 Å². The van der Waals surface area contributed by atoms with Crippen LogP contribution < -0.4 is 11.1 Å². The lowest BCUT2D eigenvalue weighted by Gasteiger charge is -2.10. The van der Waals surface area contributed by atoms with Gasteiger partial charge in [-0.15, -0.1) is 0 Å². The van der Waals surface area contributed by atoms with Crippen molar-refractivity contribution in [2.45, 2.75) is 26.2 Å². The minimum Gasteiger partial charge on any atom is -0.383 e. The highest BCUT2D eigenvalue weighted by atomic mass is 16.2. The van der Waals surface area contributed by atoms with Crippen molar-refractivity contribution in [2.75, 3.05) is 11.1 Å². The number of nitrogens with one attached hydrogen (secondary N) is 2. The van der Waals surface area contributed by atoms with Gasteiger partial charge in [0.05, 0.1) is 29.8 Å². The number of anilines is 2. The highest BCUT2D eigenvalue weighted by molar-refractivity contribution is 5.98. The molecule has 1 saturated carbocycles. The highest BCUT2D eigenvalue weighted by Gasteiger charge is 2.43.